The largest absolute Gasteiger partial charge is 0.502 e. The maximum Gasteiger partial charge on any atom is 0.200 e. The molecule has 2 rings (SSSR count). The number of phenolic OH excluding ortho intramolecular Hbond substituents is 1. The summed E-state index contributed by atoms with van der Waals surface area (Å²) in [6.07, 6.45) is 1.61. The Kier molecular flexibility index (Phi) is 5.08. The minimum atomic E-state index is -0.0368. The van der Waals surface area contributed by atoms with E-state index in [-0.39, 0.29) is 5.75 Å². The van der Waals surface area contributed by atoms with Crippen LogP contribution in [0.5, 0.6) is 23.0 Å². The molecule has 0 saturated heterocycles. The number of hydrogen-bond donors (Lipinski definition) is 2. The third-order valence-electron chi connectivity index (χ3n) is 3.00. The maximum absolute atomic E-state index is 9.84. The number of nitrogens with one attached hydrogen (secondary N) is 1. The molecule has 0 atom stereocenters. The van der Waals surface area contributed by atoms with E-state index in [0.717, 1.165) is 17.0 Å². The van der Waals surface area contributed by atoms with Gasteiger partial charge in [0, 0.05) is 5.56 Å². The van der Waals surface area contributed by atoms with Gasteiger partial charge in [-0.05, 0) is 36.4 Å². The van der Waals surface area contributed by atoms with Crippen molar-refractivity contribution in [1.82, 2.24) is 0 Å². The smallest absolute Gasteiger partial charge is 0.200 e. The van der Waals surface area contributed by atoms with Gasteiger partial charge in [-0.3, -0.25) is 5.43 Å². The molecule has 2 N–H and O–H groups in total. The summed E-state index contributed by atoms with van der Waals surface area (Å²) in [7, 11) is 4.57. The van der Waals surface area contributed by atoms with Gasteiger partial charge in [-0.15, -0.1) is 0 Å². The first-order chi connectivity index (χ1) is 10.7. The quantitative estimate of drug-likeness (QED) is 0.634. The number of aromatic hydroxyl groups is 1. The van der Waals surface area contributed by atoms with Crippen LogP contribution in [0.3, 0.4) is 0 Å². The van der Waals surface area contributed by atoms with E-state index in [1.807, 2.05) is 24.3 Å². The van der Waals surface area contributed by atoms with Crippen LogP contribution in [0, 0.1) is 0 Å². The summed E-state index contributed by atoms with van der Waals surface area (Å²) < 4.78 is 15.3. The fourth-order valence-corrected chi connectivity index (χ4v) is 1.84. The lowest BCUT2D eigenvalue weighted by Gasteiger charge is -2.09. The standard InChI is InChI=1S/C16H18N2O4/c1-20-13-6-4-12(5-7-13)18-17-10-11-8-14(21-2)16(19)15(9-11)22-3/h4-10,18-19H,1-3H3/b17-10+. The Morgan fingerprint density at radius 1 is 0.955 bits per heavy atom. The third kappa shape index (κ3) is 3.60. The van der Waals surface area contributed by atoms with Crippen LogP contribution >= 0.6 is 0 Å². The van der Waals surface area contributed by atoms with Crippen molar-refractivity contribution in [3.63, 3.8) is 0 Å². The summed E-state index contributed by atoms with van der Waals surface area (Å²) in [5.41, 5.74) is 4.46. The minimum Gasteiger partial charge on any atom is -0.502 e. The average molecular weight is 302 g/mol. The highest BCUT2D eigenvalue weighted by Gasteiger charge is 2.10. The number of ether oxygens (including phenoxy) is 3. The Balaban J connectivity index is 2.12. The molecule has 0 unspecified atom stereocenters. The molecule has 0 radical (unpaired) electrons. The van der Waals surface area contributed by atoms with E-state index in [1.165, 1.54) is 14.2 Å². The lowest BCUT2D eigenvalue weighted by Crippen LogP contribution is -1.94. The van der Waals surface area contributed by atoms with Gasteiger partial charge >= 0.3 is 0 Å². The fourth-order valence-electron chi connectivity index (χ4n) is 1.84. The summed E-state index contributed by atoms with van der Waals surface area (Å²) in [5, 5.41) is 14.0. The van der Waals surface area contributed by atoms with Gasteiger partial charge in [-0.25, -0.2) is 0 Å². The first kappa shape index (κ1) is 15.5. The van der Waals surface area contributed by atoms with Gasteiger partial charge in [0.2, 0.25) is 5.75 Å². The van der Waals surface area contributed by atoms with E-state index < -0.39 is 0 Å². The summed E-state index contributed by atoms with van der Waals surface area (Å²) in [6.45, 7) is 0. The summed E-state index contributed by atoms with van der Waals surface area (Å²) in [4.78, 5) is 0. The van der Waals surface area contributed by atoms with Crippen molar-refractivity contribution < 1.29 is 19.3 Å². The highest BCUT2D eigenvalue weighted by Crippen LogP contribution is 2.36. The molecule has 0 aromatic heterocycles. The van der Waals surface area contributed by atoms with Gasteiger partial charge in [0.05, 0.1) is 33.2 Å². The molecular weight excluding hydrogens is 284 g/mol. The normalized spacial score (nSPS) is 10.5. The van der Waals surface area contributed by atoms with E-state index >= 15 is 0 Å². The number of hydrazone groups is 1. The first-order valence-electron chi connectivity index (χ1n) is 6.56. The minimum absolute atomic E-state index is 0.0368. The van der Waals surface area contributed by atoms with Gasteiger partial charge in [0.15, 0.2) is 11.5 Å². The molecule has 0 saturated carbocycles. The van der Waals surface area contributed by atoms with E-state index in [9.17, 15) is 5.11 Å². The molecule has 0 aliphatic heterocycles. The number of methoxy groups -OCH3 is 3. The summed E-state index contributed by atoms with van der Waals surface area (Å²) in [6, 6.07) is 10.7. The number of nitrogens with zero attached hydrogens (tertiary/aromatic N) is 1. The summed E-state index contributed by atoms with van der Waals surface area (Å²) in [5.74, 6) is 1.39. The van der Waals surface area contributed by atoms with Crippen molar-refractivity contribution in [2.75, 3.05) is 26.8 Å². The van der Waals surface area contributed by atoms with E-state index in [1.54, 1.807) is 25.5 Å². The average Bonchev–Trinajstić information content (AvgIpc) is 2.56. The Bertz CT molecular complexity index is 629. The van der Waals surface area contributed by atoms with Crippen molar-refractivity contribution in [3.05, 3.63) is 42.0 Å². The zero-order chi connectivity index (χ0) is 15.9. The molecule has 22 heavy (non-hydrogen) atoms. The van der Waals surface area contributed by atoms with Crippen molar-refractivity contribution in [3.8, 4) is 23.0 Å². The molecule has 6 nitrogen and oxygen atoms in total. The van der Waals surface area contributed by atoms with E-state index in [4.69, 9.17) is 14.2 Å². The third-order valence-corrected chi connectivity index (χ3v) is 3.00. The molecule has 0 heterocycles. The van der Waals surface area contributed by atoms with Crippen LogP contribution < -0.4 is 19.6 Å². The molecule has 0 fully saturated rings. The highest BCUT2D eigenvalue weighted by atomic mass is 16.5. The second-order valence-electron chi connectivity index (χ2n) is 4.37. The van der Waals surface area contributed by atoms with E-state index in [0.29, 0.717) is 11.5 Å². The molecule has 0 bridgehead atoms. The van der Waals surface area contributed by atoms with Gasteiger partial charge in [0.25, 0.3) is 0 Å². The molecule has 6 heteroatoms. The zero-order valence-corrected chi connectivity index (χ0v) is 12.7. The van der Waals surface area contributed by atoms with Crippen LogP contribution in [0.2, 0.25) is 0 Å². The van der Waals surface area contributed by atoms with E-state index in [2.05, 4.69) is 10.5 Å². The topological polar surface area (TPSA) is 72.3 Å². The predicted octanol–water partition coefficient (Wildman–Crippen LogP) is 2.86. The Labute approximate surface area is 128 Å². The highest BCUT2D eigenvalue weighted by molar-refractivity contribution is 5.82. The zero-order valence-electron chi connectivity index (χ0n) is 12.7. The molecule has 0 amide bonds. The summed E-state index contributed by atoms with van der Waals surface area (Å²) >= 11 is 0. The second kappa shape index (κ2) is 7.21. The SMILES string of the molecule is COc1ccc(N/N=C/c2cc(OC)c(O)c(OC)c2)cc1. The van der Waals surface area contributed by atoms with Crippen LogP contribution in [0.1, 0.15) is 5.56 Å². The van der Waals surface area contributed by atoms with Crippen molar-refractivity contribution in [1.29, 1.82) is 0 Å². The second-order valence-corrected chi connectivity index (χ2v) is 4.37. The van der Waals surface area contributed by atoms with Crippen LogP contribution in [-0.4, -0.2) is 32.7 Å². The molecule has 2 aromatic rings. The number of anilines is 1. The van der Waals surface area contributed by atoms with Crippen LogP contribution in [0.4, 0.5) is 5.69 Å². The number of benzene rings is 2. The first-order valence-corrected chi connectivity index (χ1v) is 6.56. The van der Waals surface area contributed by atoms with Crippen molar-refractivity contribution in [2.45, 2.75) is 0 Å². The predicted molar refractivity (Wildman–Crippen MR) is 85.4 cm³/mol. The molecule has 2 aromatic carbocycles. The van der Waals surface area contributed by atoms with Gasteiger partial charge in [-0.2, -0.15) is 5.10 Å². The molecule has 0 spiro atoms. The lowest BCUT2D eigenvalue weighted by atomic mass is 10.2. The Morgan fingerprint density at radius 3 is 2.05 bits per heavy atom. The number of rotatable bonds is 6. The lowest BCUT2D eigenvalue weighted by molar-refractivity contribution is 0.340. The Hall–Kier alpha value is -2.89. The molecular formula is C16H18N2O4. The van der Waals surface area contributed by atoms with Crippen LogP contribution in [0.25, 0.3) is 0 Å². The van der Waals surface area contributed by atoms with Gasteiger partial charge in [-0.1, -0.05) is 0 Å². The molecule has 0 aliphatic carbocycles. The fraction of sp³-hybridized carbons (Fsp3) is 0.188. The van der Waals surface area contributed by atoms with Crippen LogP contribution in [0.15, 0.2) is 41.5 Å². The van der Waals surface area contributed by atoms with Gasteiger partial charge in [0.1, 0.15) is 5.75 Å². The number of phenols is 1. The van der Waals surface area contributed by atoms with Crippen molar-refractivity contribution in [2.24, 2.45) is 5.10 Å². The maximum atomic E-state index is 9.84. The van der Waals surface area contributed by atoms with Gasteiger partial charge < -0.3 is 19.3 Å². The molecule has 116 valence electrons. The van der Waals surface area contributed by atoms with Crippen molar-refractivity contribution >= 4 is 11.9 Å². The number of hydrogen-bond acceptors (Lipinski definition) is 6. The Morgan fingerprint density at radius 2 is 1.55 bits per heavy atom. The molecule has 0 aliphatic rings. The monoisotopic (exact) mass is 302 g/mol. The van der Waals surface area contributed by atoms with Crippen LogP contribution in [-0.2, 0) is 0 Å².